The van der Waals surface area contributed by atoms with Gasteiger partial charge >= 0.3 is 5.97 Å². The van der Waals surface area contributed by atoms with Crippen molar-refractivity contribution in [3.63, 3.8) is 0 Å². The summed E-state index contributed by atoms with van der Waals surface area (Å²) >= 11 is 17.6. The molecule has 162 valence electrons. The van der Waals surface area contributed by atoms with Gasteiger partial charge in [-0.2, -0.15) is 0 Å². The van der Waals surface area contributed by atoms with Crippen LogP contribution in [0.5, 0.6) is 0 Å². The van der Waals surface area contributed by atoms with E-state index in [0.29, 0.717) is 15.7 Å². The predicted octanol–water partition coefficient (Wildman–Crippen LogP) is 3.32. The van der Waals surface area contributed by atoms with Crippen LogP contribution in [0.15, 0.2) is 42.5 Å². The lowest BCUT2D eigenvalue weighted by Crippen LogP contribution is -2.43. The molecular formula is C20H16Cl3N3O5. The first-order valence-corrected chi connectivity index (χ1v) is 10.1. The fourth-order valence-electron chi connectivity index (χ4n) is 2.85. The number of benzene rings is 2. The smallest absolute Gasteiger partial charge is 0.311 e. The Morgan fingerprint density at radius 1 is 1.06 bits per heavy atom. The number of esters is 1. The first-order chi connectivity index (χ1) is 14.7. The Balaban J connectivity index is 1.50. The molecule has 2 N–H and O–H groups in total. The van der Waals surface area contributed by atoms with Crippen LogP contribution in [0, 0.1) is 5.92 Å². The molecule has 0 unspecified atom stereocenters. The lowest BCUT2D eigenvalue weighted by molar-refractivity contribution is -0.151. The predicted molar refractivity (Wildman–Crippen MR) is 115 cm³/mol. The molecule has 1 atom stereocenters. The normalized spacial score (nSPS) is 15.5. The molecule has 1 heterocycles. The highest BCUT2D eigenvalue weighted by atomic mass is 35.5. The number of ether oxygens (including phenoxy) is 1. The number of nitrogens with zero attached hydrogens (tertiary/aromatic N) is 1. The van der Waals surface area contributed by atoms with Gasteiger partial charge in [0, 0.05) is 22.2 Å². The highest BCUT2D eigenvalue weighted by molar-refractivity contribution is 6.36. The molecule has 0 radical (unpaired) electrons. The maximum Gasteiger partial charge on any atom is 0.311 e. The van der Waals surface area contributed by atoms with Crippen molar-refractivity contribution >= 4 is 64.2 Å². The summed E-state index contributed by atoms with van der Waals surface area (Å²) in [5, 5.41) is 4.49. The summed E-state index contributed by atoms with van der Waals surface area (Å²) in [6.07, 6.45) is -0.163. The first kappa shape index (κ1) is 22.9. The molecule has 11 heteroatoms. The van der Waals surface area contributed by atoms with Gasteiger partial charge in [0.25, 0.3) is 11.8 Å². The zero-order valence-electron chi connectivity index (χ0n) is 15.9. The zero-order chi connectivity index (χ0) is 22.5. The van der Waals surface area contributed by atoms with E-state index in [1.54, 1.807) is 24.3 Å². The second kappa shape index (κ2) is 10.00. The third-order valence-corrected chi connectivity index (χ3v) is 5.11. The number of anilines is 1. The van der Waals surface area contributed by atoms with Crippen molar-refractivity contribution in [2.75, 3.05) is 18.5 Å². The molecule has 1 fully saturated rings. The van der Waals surface area contributed by atoms with E-state index >= 15 is 0 Å². The summed E-state index contributed by atoms with van der Waals surface area (Å²) < 4.78 is 5.00. The van der Waals surface area contributed by atoms with Gasteiger partial charge in [-0.25, -0.2) is 0 Å². The average Bonchev–Trinajstić information content (AvgIpc) is 3.06. The fraction of sp³-hybridized carbons (Fsp3) is 0.200. The molecule has 1 saturated heterocycles. The number of nitrogens with one attached hydrogen (secondary N) is 2. The Bertz CT molecular complexity index is 1050. The molecule has 8 nitrogen and oxygen atoms in total. The maximum absolute atomic E-state index is 12.4. The Morgan fingerprint density at radius 2 is 1.81 bits per heavy atom. The van der Waals surface area contributed by atoms with E-state index in [-0.39, 0.29) is 23.6 Å². The molecule has 2 aromatic rings. The van der Waals surface area contributed by atoms with Crippen LogP contribution in [0.4, 0.5) is 5.69 Å². The van der Waals surface area contributed by atoms with E-state index in [2.05, 4.69) is 10.7 Å². The number of hydrogen-bond acceptors (Lipinski definition) is 5. The minimum atomic E-state index is -0.826. The minimum Gasteiger partial charge on any atom is -0.455 e. The average molecular weight is 485 g/mol. The molecule has 0 bridgehead atoms. The highest BCUT2D eigenvalue weighted by Crippen LogP contribution is 2.22. The number of rotatable bonds is 6. The standard InChI is InChI=1S/C20H16Cl3N3O5/c21-12-2-1-3-14(7-12)24-17(27)10-31-20(30)11-6-18(28)26(9-11)25-19(29)15-5-4-13(22)8-16(15)23/h1-5,7-8,11H,6,9-10H2,(H,24,27)(H,25,29)/t11-/m0/s1. The van der Waals surface area contributed by atoms with E-state index in [1.165, 1.54) is 18.2 Å². The molecule has 0 aromatic heterocycles. The summed E-state index contributed by atoms with van der Waals surface area (Å²) in [5.74, 6) is -3.19. The highest BCUT2D eigenvalue weighted by Gasteiger charge is 2.37. The van der Waals surface area contributed by atoms with Gasteiger partial charge in [0.1, 0.15) is 0 Å². The Labute approximate surface area is 192 Å². The van der Waals surface area contributed by atoms with Gasteiger partial charge in [-0.05, 0) is 36.4 Å². The number of amides is 3. The number of hydrogen-bond donors (Lipinski definition) is 2. The molecule has 3 rings (SSSR count). The second-order valence-corrected chi connectivity index (χ2v) is 7.92. The molecule has 2 aromatic carbocycles. The van der Waals surface area contributed by atoms with Crippen LogP contribution >= 0.6 is 34.8 Å². The van der Waals surface area contributed by atoms with Crippen molar-refractivity contribution in [2.24, 2.45) is 5.92 Å². The van der Waals surface area contributed by atoms with Gasteiger partial charge < -0.3 is 10.1 Å². The molecule has 1 aliphatic rings. The third kappa shape index (κ3) is 6.10. The first-order valence-electron chi connectivity index (χ1n) is 9.01. The zero-order valence-corrected chi connectivity index (χ0v) is 18.1. The summed E-state index contributed by atoms with van der Waals surface area (Å²) in [6, 6.07) is 10.8. The summed E-state index contributed by atoms with van der Waals surface area (Å²) in [5.41, 5.74) is 3.00. The lowest BCUT2D eigenvalue weighted by atomic mass is 10.1. The largest absolute Gasteiger partial charge is 0.455 e. The molecule has 0 saturated carbocycles. The molecule has 0 aliphatic carbocycles. The lowest BCUT2D eigenvalue weighted by Gasteiger charge is -2.18. The second-order valence-electron chi connectivity index (χ2n) is 6.64. The quantitative estimate of drug-likeness (QED) is 0.612. The van der Waals surface area contributed by atoms with Crippen molar-refractivity contribution in [1.29, 1.82) is 0 Å². The number of carbonyl (C=O) groups is 4. The van der Waals surface area contributed by atoms with Crippen LogP contribution in [0.25, 0.3) is 0 Å². The van der Waals surface area contributed by atoms with Crippen LogP contribution in [0.3, 0.4) is 0 Å². The third-order valence-electron chi connectivity index (χ3n) is 4.32. The van der Waals surface area contributed by atoms with Gasteiger partial charge in [-0.1, -0.05) is 40.9 Å². The van der Waals surface area contributed by atoms with Crippen molar-refractivity contribution in [3.05, 3.63) is 63.1 Å². The SMILES string of the molecule is O=C(COC(=O)[C@H]1CC(=O)N(NC(=O)c2ccc(Cl)cc2Cl)C1)Nc1cccc(Cl)c1. The van der Waals surface area contributed by atoms with Crippen LogP contribution < -0.4 is 10.7 Å². The number of carbonyl (C=O) groups excluding carboxylic acids is 4. The van der Waals surface area contributed by atoms with Crippen molar-refractivity contribution in [2.45, 2.75) is 6.42 Å². The van der Waals surface area contributed by atoms with E-state index in [1.807, 2.05) is 0 Å². The van der Waals surface area contributed by atoms with E-state index < -0.39 is 36.2 Å². The Morgan fingerprint density at radius 3 is 2.52 bits per heavy atom. The van der Waals surface area contributed by atoms with Gasteiger partial charge in [0.15, 0.2) is 6.61 Å². The van der Waals surface area contributed by atoms with Crippen molar-refractivity contribution < 1.29 is 23.9 Å². The summed E-state index contributed by atoms with van der Waals surface area (Å²) in [4.78, 5) is 48.7. The number of hydrazine groups is 1. The van der Waals surface area contributed by atoms with Gasteiger partial charge in [0.05, 0.1) is 23.0 Å². The van der Waals surface area contributed by atoms with E-state index in [4.69, 9.17) is 39.5 Å². The molecule has 0 spiro atoms. The molecule has 1 aliphatic heterocycles. The van der Waals surface area contributed by atoms with Crippen LogP contribution in [0.2, 0.25) is 15.1 Å². The minimum absolute atomic E-state index is 0.0927. The van der Waals surface area contributed by atoms with Crippen molar-refractivity contribution in [3.8, 4) is 0 Å². The van der Waals surface area contributed by atoms with Crippen molar-refractivity contribution in [1.82, 2.24) is 10.4 Å². The van der Waals surface area contributed by atoms with Gasteiger partial charge in [0.2, 0.25) is 5.91 Å². The van der Waals surface area contributed by atoms with Gasteiger partial charge in [-0.15, -0.1) is 0 Å². The monoisotopic (exact) mass is 483 g/mol. The van der Waals surface area contributed by atoms with Gasteiger partial charge in [-0.3, -0.25) is 29.6 Å². The number of halogens is 3. The molecule has 3 amide bonds. The molecular weight excluding hydrogens is 469 g/mol. The van der Waals surface area contributed by atoms with E-state index in [0.717, 1.165) is 5.01 Å². The van der Waals surface area contributed by atoms with E-state index in [9.17, 15) is 19.2 Å². The van der Waals surface area contributed by atoms with Crippen LogP contribution in [0.1, 0.15) is 16.8 Å². The Kier molecular flexibility index (Phi) is 7.37. The van der Waals surface area contributed by atoms with Crippen LogP contribution in [-0.2, 0) is 19.1 Å². The fourth-order valence-corrected chi connectivity index (χ4v) is 3.53. The summed E-state index contributed by atoms with van der Waals surface area (Å²) in [7, 11) is 0. The molecule has 31 heavy (non-hydrogen) atoms. The Hall–Kier alpha value is -2.81. The summed E-state index contributed by atoms with van der Waals surface area (Å²) in [6.45, 7) is -0.618. The topological polar surface area (TPSA) is 105 Å². The maximum atomic E-state index is 12.4. The van der Waals surface area contributed by atoms with Crippen LogP contribution in [-0.4, -0.2) is 41.9 Å².